The molecule has 2 atom stereocenters. The molecule has 0 bridgehead atoms. The topological polar surface area (TPSA) is 34.4 Å². The Morgan fingerprint density at radius 1 is 1.38 bits per heavy atom. The fourth-order valence-corrected chi connectivity index (χ4v) is 1.96. The minimum absolute atomic E-state index is 0.183. The fourth-order valence-electron chi connectivity index (χ4n) is 1.96. The second kappa shape index (κ2) is 6.71. The minimum atomic E-state index is 0.183. The van der Waals surface area contributed by atoms with Crippen molar-refractivity contribution in [3.63, 3.8) is 0 Å². The number of rotatable bonds is 7. The molecule has 1 aromatic rings. The fraction of sp³-hybridized carbons (Fsp3) is 0.692. The number of hydrogen-bond donors (Lipinski definition) is 1. The molecule has 1 rings (SSSR count). The van der Waals surface area contributed by atoms with Crippen LogP contribution in [0.25, 0.3) is 0 Å². The van der Waals surface area contributed by atoms with Gasteiger partial charge in [0, 0.05) is 12.2 Å². The van der Waals surface area contributed by atoms with Crippen LogP contribution in [-0.2, 0) is 4.74 Å². The number of ether oxygens (including phenoxy) is 1. The van der Waals surface area contributed by atoms with E-state index in [1.807, 2.05) is 13.0 Å². The van der Waals surface area contributed by atoms with Gasteiger partial charge in [-0.25, -0.2) is 0 Å². The van der Waals surface area contributed by atoms with E-state index < -0.39 is 0 Å². The first-order chi connectivity index (χ1) is 7.70. The molecular weight excluding hydrogens is 202 g/mol. The van der Waals surface area contributed by atoms with Gasteiger partial charge in [0.25, 0.3) is 0 Å². The van der Waals surface area contributed by atoms with E-state index in [-0.39, 0.29) is 12.1 Å². The van der Waals surface area contributed by atoms with Crippen LogP contribution in [-0.4, -0.2) is 19.3 Å². The number of nitrogens with one attached hydrogen (secondary N) is 1. The van der Waals surface area contributed by atoms with Crippen LogP contribution in [0.1, 0.15) is 39.3 Å². The number of hydrogen-bond acceptors (Lipinski definition) is 3. The first-order valence-electron chi connectivity index (χ1n) is 6.07. The van der Waals surface area contributed by atoms with Crippen molar-refractivity contribution in [2.24, 2.45) is 5.92 Å². The number of likely N-dealkylation sites (N-methyl/N-ethyl adjacent to an activating group) is 1. The Morgan fingerprint density at radius 2 is 2.12 bits per heavy atom. The molecule has 0 radical (unpaired) electrons. The molecule has 92 valence electrons. The summed E-state index contributed by atoms with van der Waals surface area (Å²) in [6, 6.07) is 2.21. The molecular formula is C13H23NO2. The van der Waals surface area contributed by atoms with E-state index in [0.29, 0.717) is 5.92 Å². The van der Waals surface area contributed by atoms with Crippen LogP contribution in [0.2, 0.25) is 0 Å². The van der Waals surface area contributed by atoms with Gasteiger partial charge in [0.2, 0.25) is 0 Å². The van der Waals surface area contributed by atoms with E-state index in [1.54, 1.807) is 12.5 Å². The van der Waals surface area contributed by atoms with Crippen molar-refractivity contribution in [3.8, 4) is 0 Å². The maximum Gasteiger partial charge on any atom is 0.0951 e. The molecule has 1 N–H and O–H groups in total. The molecule has 3 heteroatoms. The van der Waals surface area contributed by atoms with Crippen molar-refractivity contribution in [1.29, 1.82) is 0 Å². The van der Waals surface area contributed by atoms with Crippen LogP contribution >= 0.6 is 0 Å². The average Bonchev–Trinajstić information content (AvgIpc) is 2.76. The first kappa shape index (κ1) is 13.3. The summed E-state index contributed by atoms with van der Waals surface area (Å²) in [7, 11) is 0. The van der Waals surface area contributed by atoms with Crippen molar-refractivity contribution in [3.05, 3.63) is 24.2 Å². The second-order valence-electron chi connectivity index (χ2n) is 4.26. The highest BCUT2D eigenvalue weighted by Crippen LogP contribution is 2.25. The standard InChI is InChI=1S/C13H23NO2/c1-5-14-12(11-7-8-15-9-11)13(10(3)4)16-6-2/h7-10,12-14H,5-6H2,1-4H3. The van der Waals surface area contributed by atoms with Crippen LogP contribution in [0.5, 0.6) is 0 Å². The van der Waals surface area contributed by atoms with Crippen molar-refractivity contribution < 1.29 is 9.15 Å². The van der Waals surface area contributed by atoms with E-state index in [4.69, 9.17) is 9.15 Å². The summed E-state index contributed by atoms with van der Waals surface area (Å²) in [6.45, 7) is 10.2. The summed E-state index contributed by atoms with van der Waals surface area (Å²) in [5.41, 5.74) is 1.16. The van der Waals surface area contributed by atoms with E-state index in [0.717, 1.165) is 18.7 Å². The molecule has 0 amide bonds. The predicted molar refractivity (Wildman–Crippen MR) is 65.4 cm³/mol. The lowest BCUT2D eigenvalue weighted by atomic mass is 9.95. The summed E-state index contributed by atoms with van der Waals surface area (Å²) in [6.07, 6.45) is 3.69. The highest BCUT2D eigenvalue weighted by Gasteiger charge is 2.26. The van der Waals surface area contributed by atoms with Gasteiger partial charge in [-0.05, 0) is 25.5 Å². The molecule has 1 aromatic heterocycles. The van der Waals surface area contributed by atoms with Gasteiger partial charge in [-0.1, -0.05) is 20.8 Å². The van der Waals surface area contributed by atoms with E-state index in [1.165, 1.54) is 0 Å². The van der Waals surface area contributed by atoms with E-state index in [9.17, 15) is 0 Å². The third kappa shape index (κ3) is 3.35. The van der Waals surface area contributed by atoms with Crippen LogP contribution in [0.4, 0.5) is 0 Å². The van der Waals surface area contributed by atoms with Gasteiger partial charge >= 0.3 is 0 Å². The zero-order chi connectivity index (χ0) is 12.0. The molecule has 0 spiro atoms. The average molecular weight is 225 g/mol. The molecule has 0 fully saturated rings. The quantitative estimate of drug-likeness (QED) is 0.774. The molecule has 0 aliphatic rings. The Kier molecular flexibility index (Phi) is 5.56. The predicted octanol–water partition coefficient (Wildman–Crippen LogP) is 2.99. The largest absolute Gasteiger partial charge is 0.472 e. The van der Waals surface area contributed by atoms with Crippen LogP contribution in [0.3, 0.4) is 0 Å². The minimum Gasteiger partial charge on any atom is -0.472 e. The van der Waals surface area contributed by atoms with Crippen LogP contribution in [0, 0.1) is 5.92 Å². The summed E-state index contributed by atoms with van der Waals surface area (Å²) < 4.78 is 11.0. The smallest absolute Gasteiger partial charge is 0.0951 e. The lowest BCUT2D eigenvalue weighted by Gasteiger charge is -2.30. The van der Waals surface area contributed by atoms with Crippen molar-refractivity contribution in [2.45, 2.75) is 39.8 Å². The van der Waals surface area contributed by atoms with E-state index >= 15 is 0 Å². The Hall–Kier alpha value is -0.800. The van der Waals surface area contributed by atoms with Crippen molar-refractivity contribution >= 4 is 0 Å². The van der Waals surface area contributed by atoms with Gasteiger partial charge in [-0.15, -0.1) is 0 Å². The third-order valence-corrected chi connectivity index (χ3v) is 2.67. The molecule has 16 heavy (non-hydrogen) atoms. The van der Waals surface area contributed by atoms with Gasteiger partial charge in [-0.3, -0.25) is 0 Å². The summed E-state index contributed by atoms with van der Waals surface area (Å²) in [5, 5.41) is 3.47. The third-order valence-electron chi connectivity index (χ3n) is 2.67. The lowest BCUT2D eigenvalue weighted by Crippen LogP contribution is -2.37. The van der Waals surface area contributed by atoms with Crippen LogP contribution in [0.15, 0.2) is 23.0 Å². The zero-order valence-corrected chi connectivity index (χ0v) is 10.7. The Labute approximate surface area is 98.2 Å². The molecule has 0 saturated heterocycles. The second-order valence-corrected chi connectivity index (χ2v) is 4.26. The molecule has 1 heterocycles. The maximum absolute atomic E-state index is 5.84. The van der Waals surface area contributed by atoms with Gasteiger partial charge < -0.3 is 14.5 Å². The SMILES string of the molecule is CCNC(c1ccoc1)C(OCC)C(C)C. The Morgan fingerprint density at radius 3 is 2.56 bits per heavy atom. The monoisotopic (exact) mass is 225 g/mol. The molecule has 3 nitrogen and oxygen atoms in total. The summed E-state index contributed by atoms with van der Waals surface area (Å²) in [5.74, 6) is 0.471. The summed E-state index contributed by atoms with van der Waals surface area (Å²) >= 11 is 0. The highest BCUT2D eigenvalue weighted by atomic mass is 16.5. The highest BCUT2D eigenvalue weighted by molar-refractivity contribution is 5.13. The van der Waals surface area contributed by atoms with Gasteiger partial charge in [-0.2, -0.15) is 0 Å². The molecule has 0 aromatic carbocycles. The maximum atomic E-state index is 5.84. The first-order valence-corrected chi connectivity index (χ1v) is 6.07. The van der Waals surface area contributed by atoms with Gasteiger partial charge in [0.15, 0.2) is 0 Å². The lowest BCUT2D eigenvalue weighted by molar-refractivity contribution is 0.00305. The molecule has 0 aliphatic heterocycles. The summed E-state index contributed by atoms with van der Waals surface area (Å²) in [4.78, 5) is 0. The zero-order valence-electron chi connectivity index (χ0n) is 10.7. The number of furan rings is 1. The van der Waals surface area contributed by atoms with Crippen LogP contribution < -0.4 is 5.32 Å². The molecule has 0 aliphatic carbocycles. The Bertz CT molecular complexity index is 269. The molecule has 0 saturated carbocycles. The van der Waals surface area contributed by atoms with Crippen molar-refractivity contribution in [2.75, 3.05) is 13.2 Å². The Balaban J connectivity index is 2.81. The van der Waals surface area contributed by atoms with E-state index in [2.05, 4.69) is 26.1 Å². The van der Waals surface area contributed by atoms with Gasteiger partial charge in [0.05, 0.1) is 24.7 Å². The van der Waals surface area contributed by atoms with Gasteiger partial charge in [0.1, 0.15) is 0 Å². The molecule has 2 unspecified atom stereocenters. The van der Waals surface area contributed by atoms with Crippen molar-refractivity contribution in [1.82, 2.24) is 5.32 Å². The normalized spacial score (nSPS) is 15.3.